The molecule has 2 unspecified atom stereocenters. The van der Waals surface area contributed by atoms with E-state index in [0.29, 0.717) is 5.92 Å². The molecule has 0 bridgehead atoms. The fourth-order valence-electron chi connectivity index (χ4n) is 1.31. The van der Waals surface area contributed by atoms with Crippen LogP contribution in [0.15, 0.2) is 18.7 Å². The predicted octanol–water partition coefficient (Wildman–Crippen LogP) is 1.46. The van der Waals surface area contributed by atoms with Crippen LogP contribution in [0.4, 0.5) is 0 Å². The second-order valence-electron chi connectivity index (χ2n) is 3.15. The monoisotopic (exact) mass is 168 g/mol. The van der Waals surface area contributed by atoms with E-state index in [1.54, 1.807) is 12.5 Å². The minimum atomic E-state index is 0.178. The zero-order chi connectivity index (χ0) is 8.97. The molecule has 0 spiro atoms. The molecule has 0 fully saturated rings. The second kappa shape index (κ2) is 4.26. The molecule has 0 saturated carbocycles. The van der Waals surface area contributed by atoms with Gasteiger partial charge in [-0.2, -0.15) is 0 Å². The van der Waals surface area contributed by atoms with Gasteiger partial charge in [0.25, 0.3) is 0 Å². The molecule has 12 heavy (non-hydrogen) atoms. The third-order valence-electron chi connectivity index (χ3n) is 2.40. The maximum absolute atomic E-state index is 9.15. The van der Waals surface area contributed by atoms with Gasteiger partial charge in [-0.05, 0) is 5.92 Å². The van der Waals surface area contributed by atoms with Crippen LogP contribution in [0.1, 0.15) is 26.3 Å². The Morgan fingerprint density at radius 2 is 2.33 bits per heavy atom. The largest absolute Gasteiger partial charge is 0.394 e. The molecule has 3 heteroatoms. The van der Waals surface area contributed by atoms with Gasteiger partial charge in [-0.1, -0.05) is 20.3 Å². The van der Waals surface area contributed by atoms with Gasteiger partial charge < -0.3 is 9.67 Å². The van der Waals surface area contributed by atoms with Crippen LogP contribution in [-0.2, 0) is 0 Å². The smallest absolute Gasteiger partial charge is 0.0949 e. The van der Waals surface area contributed by atoms with Gasteiger partial charge >= 0.3 is 0 Å². The highest BCUT2D eigenvalue weighted by molar-refractivity contribution is 4.82. The van der Waals surface area contributed by atoms with E-state index < -0.39 is 0 Å². The standard InChI is InChI=1S/C9H16N2O/c1-3-8(2)9(6-12)11-5-4-10-7-11/h4-5,7-9,12H,3,6H2,1-2H3. The maximum atomic E-state index is 9.15. The first-order valence-corrected chi connectivity index (χ1v) is 4.37. The zero-order valence-electron chi connectivity index (χ0n) is 7.64. The highest BCUT2D eigenvalue weighted by atomic mass is 16.3. The summed E-state index contributed by atoms with van der Waals surface area (Å²) in [5, 5.41) is 9.15. The number of rotatable bonds is 4. The summed E-state index contributed by atoms with van der Waals surface area (Å²) in [7, 11) is 0. The highest BCUT2D eigenvalue weighted by Crippen LogP contribution is 2.19. The normalized spacial score (nSPS) is 15.9. The number of nitrogens with zero attached hydrogens (tertiary/aromatic N) is 2. The lowest BCUT2D eigenvalue weighted by Gasteiger charge is -2.21. The van der Waals surface area contributed by atoms with Gasteiger partial charge in [-0.3, -0.25) is 0 Å². The van der Waals surface area contributed by atoms with Crippen molar-refractivity contribution in [1.29, 1.82) is 0 Å². The first-order chi connectivity index (χ1) is 5.79. The van der Waals surface area contributed by atoms with E-state index in [9.17, 15) is 0 Å². The molecule has 2 atom stereocenters. The lowest BCUT2D eigenvalue weighted by molar-refractivity contribution is 0.183. The average molecular weight is 168 g/mol. The SMILES string of the molecule is CCC(C)C(CO)n1ccnc1. The van der Waals surface area contributed by atoms with Gasteiger partial charge in [-0.25, -0.2) is 4.98 Å². The van der Waals surface area contributed by atoms with Crippen LogP contribution in [0.25, 0.3) is 0 Å². The lowest BCUT2D eigenvalue weighted by atomic mass is 10.00. The minimum absolute atomic E-state index is 0.178. The number of imidazole rings is 1. The molecule has 0 saturated heterocycles. The summed E-state index contributed by atoms with van der Waals surface area (Å²) in [5.41, 5.74) is 0. The van der Waals surface area contributed by atoms with E-state index in [2.05, 4.69) is 18.8 Å². The van der Waals surface area contributed by atoms with Gasteiger partial charge in [0.2, 0.25) is 0 Å². The first-order valence-electron chi connectivity index (χ1n) is 4.37. The molecular weight excluding hydrogens is 152 g/mol. The Morgan fingerprint density at radius 1 is 1.58 bits per heavy atom. The summed E-state index contributed by atoms with van der Waals surface area (Å²) in [6.07, 6.45) is 6.47. The topological polar surface area (TPSA) is 38.0 Å². The van der Waals surface area contributed by atoms with Crippen molar-refractivity contribution in [3.05, 3.63) is 18.7 Å². The number of aliphatic hydroxyl groups excluding tert-OH is 1. The molecule has 0 aliphatic heterocycles. The summed E-state index contributed by atoms with van der Waals surface area (Å²) < 4.78 is 1.97. The molecule has 1 N–H and O–H groups in total. The molecule has 0 aliphatic carbocycles. The Hall–Kier alpha value is -0.830. The summed E-state index contributed by atoms with van der Waals surface area (Å²) in [6.45, 7) is 4.45. The van der Waals surface area contributed by atoms with E-state index in [-0.39, 0.29) is 12.6 Å². The van der Waals surface area contributed by atoms with E-state index in [0.717, 1.165) is 6.42 Å². The predicted molar refractivity (Wildman–Crippen MR) is 47.8 cm³/mol. The van der Waals surface area contributed by atoms with Crippen molar-refractivity contribution < 1.29 is 5.11 Å². The van der Waals surface area contributed by atoms with Crippen LogP contribution in [0.2, 0.25) is 0 Å². The van der Waals surface area contributed by atoms with Crippen LogP contribution in [0.5, 0.6) is 0 Å². The third kappa shape index (κ3) is 1.85. The van der Waals surface area contributed by atoms with Crippen molar-refractivity contribution in [2.45, 2.75) is 26.3 Å². The summed E-state index contributed by atoms with van der Waals surface area (Å²) in [5.74, 6) is 0.490. The van der Waals surface area contributed by atoms with Crippen molar-refractivity contribution in [2.75, 3.05) is 6.61 Å². The van der Waals surface area contributed by atoms with Gasteiger partial charge in [0.05, 0.1) is 19.0 Å². The molecule has 0 aliphatic rings. The van der Waals surface area contributed by atoms with Crippen molar-refractivity contribution in [3.8, 4) is 0 Å². The van der Waals surface area contributed by atoms with E-state index in [4.69, 9.17) is 5.11 Å². The number of hydrogen-bond acceptors (Lipinski definition) is 2. The van der Waals surface area contributed by atoms with Crippen molar-refractivity contribution in [1.82, 2.24) is 9.55 Å². The van der Waals surface area contributed by atoms with Crippen molar-refractivity contribution >= 4 is 0 Å². The molecule has 68 valence electrons. The second-order valence-corrected chi connectivity index (χ2v) is 3.15. The fraction of sp³-hybridized carbons (Fsp3) is 0.667. The minimum Gasteiger partial charge on any atom is -0.394 e. The summed E-state index contributed by atoms with van der Waals surface area (Å²) in [6, 6.07) is 0.178. The van der Waals surface area contributed by atoms with E-state index in [1.165, 1.54) is 0 Å². The highest BCUT2D eigenvalue weighted by Gasteiger charge is 2.15. The molecule has 3 nitrogen and oxygen atoms in total. The van der Waals surface area contributed by atoms with Crippen molar-refractivity contribution in [3.63, 3.8) is 0 Å². The quantitative estimate of drug-likeness (QED) is 0.739. The number of aliphatic hydroxyl groups is 1. The number of aromatic nitrogens is 2. The summed E-state index contributed by atoms with van der Waals surface area (Å²) in [4.78, 5) is 3.96. The maximum Gasteiger partial charge on any atom is 0.0949 e. The molecule has 0 radical (unpaired) electrons. The van der Waals surface area contributed by atoms with Crippen LogP contribution < -0.4 is 0 Å². The zero-order valence-corrected chi connectivity index (χ0v) is 7.64. The molecule has 0 aromatic carbocycles. The number of hydrogen-bond donors (Lipinski definition) is 1. The van der Waals surface area contributed by atoms with Crippen LogP contribution >= 0.6 is 0 Å². The van der Waals surface area contributed by atoms with Crippen LogP contribution in [0, 0.1) is 5.92 Å². The van der Waals surface area contributed by atoms with Gasteiger partial charge in [0.15, 0.2) is 0 Å². The van der Waals surface area contributed by atoms with Gasteiger partial charge in [0.1, 0.15) is 0 Å². The lowest BCUT2D eigenvalue weighted by Crippen LogP contribution is -2.19. The average Bonchev–Trinajstić information content (AvgIpc) is 2.58. The Balaban J connectivity index is 2.69. The Bertz CT molecular complexity index is 208. The third-order valence-corrected chi connectivity index (χ3v) is 2.40. The molecule has 1 heterocycles. The van der Waals surface area contributed by atoms with Crippen LogP contribution in [-0.4, -0.2) is 21.3 Å². The van der Waals surface area contributed by atoms with Gasteiger partial charge in [0, 0.05) is 12.4 Å². The Labute approximate surface area is 73.1 Å². The molecular formula is C9H16N2O. The molecule has 0 amide bonds. The van der Waals surface area contributed by atoms with E-state index in [1.807, 2.05) is 10.8 Å². The first kappa shape index (κ1) is 9.26. The Kier molecular flexibility index (Phi) is 3.29. The van der Waals surface area contributed by atoms with Crippen molar-refractivity contribution in [2.24, 2.45) is 5.92 Å². The molecule has 1 aromatic rings. The molecule has 1 rings (SSSR count). The fourth-order valence-corrected chi connectivity index (χ4v) is 1.31. The van der Waals surface area contributed by atoms with E-state index >= 15 is 0 Å². The molecule has 1 aromatic heterocycles. The Morgan fingerprint density at radius 3 is 2.75 bits per heavy atom. The summed E-state index contributed by atoms with van der Waals surface area (Å²) >= 11 is 0. The van der Waals surface area contributed by atoms with Crippen LogP contribution in [0.3, 0.4) is 0 Å². The van der Waals surface area contributed by atoms with Gasteiger partial charge in [-0.15, -0.1) is 0 Å².